The van der Waals surface area contributed by atoms with E-state index in [4.69, 9.17) is 5.11 Å². The number of carbonyl (C=O) groups is 2. The summed E-state index contributed by atoms with van der Waals surface area (Å²) < 4.78 is 0. The number of carboxylic acids is 1. The number of aliphatic carboxylic acids is 1. The fourth-order valence-electron chi connectivity index (χ4n) is 2.05. The van der Waals surface area contributed by atoms with Gasteiger partial charge in [-0.1, -0.05) is 58.3 Å². The topological polar surface area (TPSA) is 54.4 Å². The Morgan fingerprint density at radius 2 is 1.50 bits per heavy atom. The molecule has 4 heteroatoms. The van der Waals surface area contributed by atoms with Crippen molar-refractivity contribution in [3.63, 3.8) is 0 Å². The largest absolute Gasteiger partial charge is 0.481 e. The standard InChI is InChI=1S/C14H26O3S/c1-2-3-4-5-6-7-8-9-10-12(14(17)18)11-13(15)16/h12H,2-11H2,1H3,(H,15,16)(H,17,18). The third kappa shape index (κ3) is 10.6. The van der Waals surface area contributed by atoms with Gasteiger partial charge in [-0.2, -0.15) is 0 Å². The molecule has 0 rings (SSSR count). The molecule has 0 amide bonds. The van der Waals surface area contributed by atoms with E-state index in [1.54, 1.807) is 0 Å². The Balaban J connectivity index is 3.49. The van der Waals surface area contributed by atoms with Crippen LogP contribution in [0.25, 0.3) is 0 Å². The first-order valence-corrected chi connectivity index (χ1v) is 7.47. The monoisotopic (exact) mass is 274 g/mol. The van der Waals surface area contributed by atoms with E-state index in [0.29, 0.717) is 6.42 Å². The van der Waals surface area contributed by atoms with Crippen molar-refractivity contribution < 1.29 is 14.7 Å². The number of rotatable bonds is 12. The van der Waals surface area contributed by atoms with E-state index in [9.17, 15) is 9.59 Å². The highest BCUT2D eigenvalue weighted by molar-refractivity contribution is 7.96. The van der Waals surface area contributed by atoms with Crippen molar-refractivity contribution in [3.05, 3.63) is 0 Å². The molecule has 0 aliphatic carbocycles. The highest BCUT2D eigenvalue weighted by atomic mass is 32.1. The van der Waals surface area contributed by atoms with Crippen molar-refractivity contribution in [2.45, 2.75) is 71.1 Å². The molecule has 0 heterocycles. The summed E-state index contributed by atoms with van der Waals surface area (Å²) in [5.74, 6) is -1.33. The number of carbonyl (C=O) groups excluding carboxylic acids is 1. The summed E-state index contributed by atoms with van der Waals surface area (Å²) in [5.41, 5.74) is 0. The molecule has 0 saturated carbocycles. The molecular formula is C14H26O3S. The zero-order valence-electron chi connectivity index (χ0n) is 11.4. The van der Waals surface area contributed by atoms with Crippen molar-refractivity contribution in [1.29, 1.82) is 0 Å². The summed E-state index contributed by atoms with van der Waals surface area (Å²) in [5, 5.41) is 8.38. The van der Waals surface area contributed by atoms with Crippen LogP contribution in [0.2, 0.25) is 0 Å². The van der Waals surface area contributed by atoms with Crippen LogP contribution in [0.1, 0.15) is 71.1 Å². The maximum absolute atomic E-state index is 11.1. The Hall–Kier alpha value is -0.510. The van der Waals surface area contributed by atoms with E-state index in [2.05, 4.69) is 19.6 Å². The lowest BCUT2D eigenvalue weighted by atomic mass is 9.98. The Morgan fingerprint density at radius 3 is 1.94 bits per heavy atom. The van der Waals surface area contributed by atoms with Crippen molar-refractivity contribution in [2.75, 3.05) is 0 Å². The van der Waals surface area contributed by atoms with Crippen LogP contribution in [-0.2, 0) is 9.59 Å². The highest BCUT2D eigenvalue weighted by Crippen LogP contribution is 2.18. The fourth-order valence-corrected chi connectivity index (χ4v) is 2.27. The van der Waals surface area contributed by atoms with Crippen LogP contribution in [0.3, 0.4) is 0 Å². The normalized spacial score (nSPS) is 12.3. The summed E-state index contributed by atoms with van der Waals surface area (Å²) in [6.45, 7) is 2.21. The number of unbranched alkanes of at least 4 members (excludes halogenated alkanes) is 7. The first-order valence-electron chi connectivity index (χ1n) is 7.02. The average molecular weight is 274 g/mol. The lowest BCUT2D eigenvalue weighted by Gasteiger charge is -2.10. The molecule has 18 heavy (non-hydrogen) atoms. The minimum absolute atomic E-state index is 0.0845. The molecule has 0 aliphatic rings. The van der Waals surface area contributed by atoms with E-state index in [1.807, 2.05) is 0 Å². The molecular weight excluding hydrogens is 248 g/mol. The van der Waals surface area contributed by atoms with E-state index in [1.165, 1.54) is 38.5 Å². The van der Waals surface area contributed by atoms with Crippen molar-refractivity contribution in [2.24, 2.45) is 5.92 Å². The fraction of sp³-hybridized carbons (Fsp3) is 0.857. The summed E-state index contributed by atoms with van der Waals surface area (Å²) >= 11 is 3.75. The van der Waals surface area contributed by atoms with E-state index >= 15 is 0 Å². The molecule has 0 aromatic carbocycles. The highest BCUT2D eigenvalue weighted by Gasteiger charge is 2.18. The molecule has 0 spiro atoms. The van der Waals surface area contributed by atoms with E-state index < -0.39 is 11.9 Å². The average Bonchev–Trinajstić information content (AvgIpc) is 2.30. The first-order chi connectivity index (χ1) is 8.57. The molecule has 3 nitrogen and oxygen atoms in total. The van der Waals surface area contributed by atoms with Gasteiger partial charge in [0.05, 0.1) is 6.42 Å². The first kappa shape index (κ1) is 17.5. The van der Waals surface area contributed by atoms with Crippen LogP contribution in [0.4, 0.5) is 0 Å². The molecule has 0 saturated heterocycles. The Labute approximate surface area is 116 Å². The van der Waals surface area contributed by atoms with Crippen LogP contribution >= 0.6 is 12.6 Å². The third-order valence-electron chi connectivity index (χ3n) is 3.18. The SMILES string of the molecule is CCCCCCCCCCC(CC(=O)O)C(=O)S. The quantitative estimate of drug-likeness (QED) is 0.417. The van der Waals surface area contributed by atoms with Crippen LogP contribution in [0, 0.1) is 5.92 Å². The molecule has 0 aliphatic heterocycles. The van der Waals surface area contributed by atoms with Gasteiger partial charge >= 0.3 is 5.97 Å². The summed E-state index contributed by atoms with van der Waals surface area (Å²) in [6.07, 6.45) is 10.2. The minimum Gasteiger partial charge on any atom is -0.481 e. The molecule has 0 radical (unpaired) electrons. The van der Waals surface area contributed by atoms with E-state index in [-0.39, 0.29) is 11.5 Å². The second kappa shape index (κ2) is 11.6. The zero-order valence-corrected chi connectivity index (χ0v) is 12.3. The molecule has 0 aromatic heterocycles. The molecule has 1 atom stereocenters. The van der Waals surface area contributed by atoms with Crippen molar-refractivity contribution in [1.82, 2.24) is 0 Å². The van der Waals surface area contributed by atoms with E-state index in [0.717, 1.165) is 12.8 Å². The van der Waals surface area contributed by atoms with Gasteiger partial charge < -0.3 is 5.11 Å². The number of thiol groups is 1. The van der Waals surface area contributed by atoms with Gasteiger partial charge in [-0.05, 0) is 6.42 Å². The maximum Gasteiger partial charge on any atom is 0.304 e. The number of hydrogen-bond acceptors (Lipinski definition) is 2. The Bertz CT molecular complexity index is 241. The van der Waals surface area contributed by atoms with Gasteiger partial charge in [0.15, 0.2) is 5.12 Å². The van der Waals surface area contributed by atoms with Crippen molar-refractivity contribution >= 4 is 23.7 Å². The smallest absolute Gasteiger partial charge is 0.304 e. The molecule has 0 aromatic rings. The lowest BCUT2D eigenvalue weighted by molar-refractivity contribution is -0.139. The Morgan fingerprint density at radius 1 is 1.00 bits per heavy atom. The van der Waals surface area contributed by atoms with Crippen LogP contribution < -0.4 is 0 Å². The molecule has 1 unspecified atom stereocenters. The maximum atomic E-state index is 11.1. The van der Waals surface area contributed by atoms with Gasteiger partial charge in [0.1, 0.15) is 0 Å². The molecule has 106 valence electrons. The molecule has 0 fully saturated rings. The minimum atomic E-state index is -0.915. The third-order valence-corrected chi connectivity index (χ3v) is 3.54. The van der Waals surface area contributed by atoms with Crippen LogP contribution in [-0.4, -0.2) is 16.2 Å². The van der Waals surface area contributed by atoms with Gasteiger partial charge in [0, 0.05) is 5.92 Å². The van der Waals surface area contributed by atoms with Crippen molar-refractivity contribution in [3.8, 4) is 0 Å². The van der Waals surface area contributed by atoms with Gasteiger partial charge in [-0.15, -0.1) is 12.6 Å². The Kier molecular flexibility index (Phi) is 11.2. The number of hydrogen-bond donors (Lipinski definition) is 2. The van der Waals surface area contributed by atoms with Gasteiger partial charge in [0.2, 0.25) is 0 Å². The summed E-state index contributed by atoms with van der Waals surface area (Å²) in [4.78, 5) is 21.7. The lowest BCUT2D eigenvalue weighted by Crippen LogP contribution is -2.14. The second-order valence-corrected chi connectivity index (χ2v) is 5.34. The zero-order chi connectivity index (χ0) is 13.8. The second-order valence-electron chi connectivity index (χ2n) is 4.90. The summed E-state index contributed by atoms with van der Waals surface area (Å²) in [7, 11) is 0. The van der Waals surface area contributed by atoms with Crippen LogP contribution in [0.15, 0.2) is 0 Å². The van der Waals surface area contributed by atoms with Crippen LogP contribution in [0.5, 0.6) is 0 Å². The molecule has 1 N–H and O–H groups in total. The molecule has 0 bridgehead atoms. The predicted octanol–water partition coefficient (Wildman–Crippen LogP) is 4.06. The van der Waals surface area contributed by atoms with Gasteiger partial charge in [-0.25, -0.2) is 0 Å². The van der Waals surface area contributed by atoms with Gasteiger partial charge in [-0.3, -0.25) is 9.59 Å². The predicted molar refractivity (Wildman–Crippen MR) is 77.0 cm³/mol. The van der Waals surface area contributed by atoms with Gasteiger partial charge in [0.25, 0.3) is 0 Å². The summed E-state index contributed by atoms with van der Waals surface area (Å²) in [6, 6.07) is 0. The number of carboxylic acid groups (broad SMARTS) is 1.